The molecule has 1 fully saturated rings. The topological polar surface area (TPSA) is 76.4 Å². The SMILES string of the molecule is COCC1(C(=O)Nc2ccc3nc(C)oc3c2)CCNCC1.Cl.Cl. The number of nitrogens with one attached hydrogen (secondary N) is 2. The Labute approximate surface area is 153 Å². The lowest BCUT2D eigenvalue weighted by Crippen LogP contribution is -2.47. The van der Waals surface area contributed by atoms with Gasteiger partial charge in [-0.25, -0.2) is 4.98 Å². The summed E-state index contributed by atoms with van der Waals surface area (Å²) in [4.78, 5) is 17.0. The maximum atomic E-state index is 12.8. The molecule has 1 saturated heterocycles. The number of carbonyl (C=O) groups is 1. The first-order chi connectivity index (χ1) is 10.6. The molecule has 1 aromatic heterocycles. The minimum atomic E-state index is -0.466. The van der Waals surface area contributed by atoms with Crippen molar-refractivity contribution >= 4 is 47.5 Å². The lowest BCUT2D eigenvalue weighted by Gasteiger charge is -2.35. The van der Waals surface area contributed by atoms with Crippen molar-refractivity contribution in [2.75, 3.05) is 32.1 Å². The Hall–Kier alpha value is -1.34. The van der Waals surface area contributed by atoms with Gasteiger partial charge in [0.05, 0.1) is 12.0 Å². The highest BCUT2D eigenvalue weighted by Gasteiger charge is 2.39. The Morgan fingerprint density at radius 1 is 1.38 bits per heavy atom. The van der Waals surface area contributed by atoms with Gasteiger partial charge in [0.2, 0.25) is 5.91 Å². The Kier molecular flexibility index (Phi) is 7.48. The number of rotatable bonds is 4. The van der Waals surface area contributed by atoms with Gasteiger partial charge in [0.25, 0.3) is 0 Å². The molecule has 0 aliphatic carbocycles. The smallest absolute Gasteiger partial charge is 0.233 e. The highest BCUT2D eigenvalue weighted by atomic mass is 35.5. The van der Waals surface area contributed by atoms with Crippen molar-refractivity contribution in [3.8, 4) is 0 Å². The molecule has 3 rings (SSSR count). The van der Waals surface area contributed by atoms with Crippen molar-refractivity contribution < 1.29 is 13.9 Å². The van der Waals surface area contributed by atoms with Crippen LogP contribution in [0.15, 0.2) is 22.6 Å². The second-order valence-electron chi connectivity index (χ2n) is 5.83. The molecule has 1 aliphatic rings. The number of benzene rings is 1. The van der Waals surface area contributed by atoms with Crippen LogP contribution < -0.4 is 10.6 Å². The molecule has 0 radical (unpaired) electrons. The first-order valence-electron chi connectivity index (χ1n) is 7.51. The van der Waals surface area contributed by atoms with Crippen molar-refractivity contribution in [3.05, 3.63) is 24.1 Å². The molecule has 2 heterocycles. The van der Waals surface area contributed by atoms with Crippen LogP contribution >= 0.6 is 24.8 Å². The Balaban J connectivity index is 0.00000144. The van der Waals surface area contributed by atoms with Crippen LogP contribution in [0.4, 0.5) is 5.69 Å². The fourth-order valence-corrected chi connectivity index (χ4v) is 3.00. The lowest BCUT2D eigenvalue weighted by atomic mass is 9.78. The maximum absolute atomic E-state index is 12.8. The molecule has 0 saturated carbocycles. The minimum absolute atomic E-state index is 0. The van der Waals surface area contributed by atoms with E-state index in [1.54, 1.807) is 14.0 Å². The molecular weight excluding hydrogens is 353 g/mol. The third-order valence-electron chi connectivity index (χ3n) is 4.22. The monoisotopic (exact) mass is 375 g/mol. The molecule has 6 nitrogen and oxygen atoms in total. The summed E-state index contributed by atoms with van der Waals surface area (Å²) in [5, 5.41) is 6.29. The molecule has 24 heavy (non-hydrogen) atoms. The molecule has 1 amide bonds. The van der Waals surface area contributed by atoms with Gasteiger partial charge in [-0.3, -0.25) is 4.79 Å². The summed E-state index contributed by atoms with van der Waals surface area (Å²) in [6.45, 7) is 3.90. The summed E-state index contributed by atoms with van der Waals surface area (Å²) in [6, 6.07) is 5.52. The van der Waals surface area contributed by atoms with Crippen LogP contribution in [-0.4, -0.2) is 37.7 Å². The number of hydrogen-bond donors (Lipinski definition) is 2. The molecule has 0 bridgehead atoms. The van der Waals surface area contributed by atoms with Crippen LogP contribution in [0.1, 0.15) is 18.7 Å². The number of halogens is 2. The summed E-state index contributed by atoms with van der Waals surface area (Å²) in [5.41, 5.74) is 1.74. The van der Waals surface area contributed by atoms with Gasteiger partial charge in [-0.2, -0.15) is 0 Å². The van der Waals surface area contributed by atoms with Gasteiger partial charge in [0, 0.05) is 25.8 Å². The van der Waals surface area contributed by atoms with Crippen molar-refractivity contribution in [3.63, 3.8) is 0 Å². The summed E-state index contributed by atoms with van der Waals surface area (Å²) < 4.78 is 10.8. The van der Waals surface area contributed by atoms with Gasteiger partial charge in [0.1, 0.15) is 5.52 Å². The highest BCUT2D eigenvalue weighted by molar-refractivity contribution is 5.96. The van der Waals surface area contributed by atoms with Gasteiger partial charge < -0.3 is 19.8 Å². The second-order valence-corrected chi connectivity index (χ2v) is 5.83. The molecule has 1 aromatic carbocycles. The number of aryl methyl sites for hydroxylation is 1. The van der Waals surface area contributed by atoms with Gasteiger partial charge in [-0.05, 0) is 38.1 Å². The molecule has 134 valence electrons. The third-order valence-corrected chi connectivity index (χ3v) is 4.22. The van der Waals surface area contributed by atoms with Crippen LogP contribution in [0.25, 0.3) is 11.1 Å². The van der Waals surface area contributed by atoms with Gasteiger partial charge in [0.15, 0.2) is 11.5 Å². The number of aromatic nitrogens is 1. The summed E-state index contributed by atoms with van der Waals surface area (Å²) in [7, 11) is 1.64. The zero-order valence-corrected chi connectivity index (χ0v) is 15.4. The Morgan fingerprint density at radius 3 is 2.75 bits per heavy atom. The molecule has 8 heteroatoms. The number of amides is 1. The van der Waals surface area contributed by atoms with Crippen molar-refractivity contribution in [2.45, 2.75) is 19.8 Å². The molecule has 2 aromatic rings. The molecular formula is C16H23Cl2N3O3. The summed E-state index contributed by atoms with van der Waals surface area (Å²) >= 11 is 0. The van der Waals surface area contributed by atoms with E-state index < -0.39 is 5.41 Å². The fraction of sp³-hybridized carbons (Fsp3) is 0.500. The van der Waals surface area contributed by atoms with Crippen molar-refractivity contribution in [1.29, 1.82) is 0 Å². The van der Waals surface area contributed by atoms with E-state index in [2.05, 4.69) is 15.6 Å². The van der Waals surface area contributed by atoms with Crippen molar-refractivity contribution in [1.82, 2.24) is 10.3 Å². The van der Waals surface area contributed by atoms with E-state index in [0.717, 1.165) is 37.1 Å². The number of anilines is 1. The third kappa shape index (κ3) is 4.19. The van der Waals surface area contributed by atoms with Crippen LogP contribution in [0, 0.1) is 12.3 Å². The summed E-state index contributed by atoms with van der Waals surface area (Å²) in [6.07, 6.45) is 1.55. The van der Waals surface area contributed by atoms with E-state index in [-0.39, 0.29) is 30.7 Å². The maximum Gasteiger partial charge on any atom is 0.233 e. The zero-order chi connectivity index (χ0) is 15.6. The quantitative estimate of drug-likeness (QED) is 0.858. The normalized spacial score (nSPS) is 16.1. The number of carbonyl (C=O) groups excluding carboxylic acids is 1. The van der Waals surface area contributed by atoms with Gasteiger partial charge in [-0.15, -0.1) is 24.8 Å². The van der Waals surface area contributed by atoms with E-state index in [1.165, 1.54) is 0 Å². The van der Waals surface area contributed by atoms with Crippen LogP contribution in [0.2, 0.25) is 0 Å². The van der Waals surface area contributed by atoms with Crippen LogP contribution in [-0.2, 0) is 9.53 Å². The van der Waals surface area contributed by atoms with Crippen LogP contribution in [0.3, 0.4) is 0 Å². The average molecular weight is 376 g/mol. The largest absolute Gasteiger partial charge is 0.441 e. The number of hydrogen-bond acceptors (Lipinski definition) is 5. The van der Waals surface area contributed by atoms with E-state index in [0.29, 0.717) is 18.1 Å². The Morgan fingerprint density at radius 2 is 2.08 bits per heavy atom. The van der Waals surface area contributed by atoms with Gasteiger partial charge >= 0.3 is 0 Å². The van der Waals surface area contributed by atoms with Crippen molar-refractivity contribution in [2.24, 2.45) is 5.41 Å². The molecule has 2 N–H and O–H groups in total. The second kappa shape index (κ2) is 8.67. The predicted octanol–water partition coefficient (Wildman–Crippen LogP) is 2.93. The fourth-order valence-electron chi connectivity index (χ4n) is 3.00. The minimum Gasteiger partial charge on any atom is -0.441 e. The van der Waals surface area contributed by atoms with E-state index in [4.69, 9.17) is 9.15 Å². The van der Waals surface area contributed by atoms with E-state index in [9.17, 15) is 4.79 Å². The van der Waals surface area contributed by atoms with E-state index in [1.807, 2.05) is 18.2 Å². The first-order valence-corrected chi connectivity index (χ1v) is 7.51. The predicted molar refractivity (Wildman–Crippen MR) is 98.3 cm³/mol. The standard InChI is InChI=1S/C16H21N3O3.2ClH/c1-11-18-13-4-3-12(9-14(13)22-11)19-15(20)16(10-21-2)5-7-17-8-6-16;;/h3-4,9,17H,5-8,10H2,1-2H3,(H,19,20);2*1H. The zero-order valence-electron chi connectivity index (χ0n) is 13.8. The molecule has 0 atom stereocenters. The number of ether oxygens (including phenoxy) is 1. The summed E-state index contributed by atoms with van der Waals surface area (Å²) in [5.74, 6) is 0.624. The molecule has 0 unspecified atom stereocenters. The average Bonchev–Trinajstić information content (AvgIpc) is 2.88. The van der Waals surface area contributed by atoms with E-state index >= 15 is 0 Å². The number of piperidine rings is 1. The number of nitrogens with zero attached hydrogens (tertiary/aromatic N) is 1. The lowest BCUT2D eigenvalue weighted by molar-refractivity contribution is -0.130. The van der Waals surface area contributed by atoms with Gasteiger partial charge in [-0.1, -0.05) is 0 Å². The Bertz CT molecular complexity index is 679. The highest BCUT2D eigenvalue weighted by Crippen LogP contribution is 2.31. The number of fused-ring (bicyclic) bond motifs is 1. The number of methoxy groups -OCH3 is 1. The molecule has 1 aliphatic heterocycles. The van der Waals surface area contributed by atoms with Crippen LogP contribution in [0.5, 0.6) is 0 Å². The first kappa shape index (κ1) is 20.7. The number of oxazole rings is 1. The molecule has 0 spiro atoms.